The fourth-order valence-electron chi connectivity index (χ4n) is 5.31. The molecule has 1 atom stereocenters. The maximum absolute atomic E-state index is 13.3. The molecule has 4 rings (SSSR count). The quantitative estimate of drug-likeness (QED) is 0.645. The molecule has 2 aliphatic rings. The summed E-state index contributed by atoms with van der Waals surface area (Å²) in [6.07, 6.45) is 5.56. The molecule has 32 heavy (non-hydrogen) atoms. The Bertz CT molecular complexity index is 1030. The van der Waals surface area contributed by atoms with E-state index in [4.69, 9.17) is 4.98 Å². The molecule has 2 aromatic rings. The van der Waals surface area contributed by atoms with Crippen LogP contribution in [-0.2, 0) is 4.79 Å². The molecule has 4 heterocycles. The molecule has 0 saturated carbocycles. The summed E-state index contributed by atoms with van der Waals surface area (Å²) in [5.74, 6) is 1.73. The molecule has 2 N–H and O–H groups in total. The van der Waals surface area contributed by atoms with Gasteiger partial charge in [0.15, 0.2) is 0 Å². The van der Waals surface area contributed by atoms with E-state index in [1.807, 2.05) is 48.2 Å². The van der Waals surface area contributed by atoms with Crippen molar-refractivity contribution in [2.75, 3.05) is 11.9 Å². The number of anilines is 2. The number of rotatable bonds is 5. The molecule has 0 aromatic carbocycles. The number of hydrogen-bond acceptors (Lipinski definition) is 5. The van der Waals surface area contributed by atoms with Crippen LogP contribution in [0.2, 0.25) is 0 Å². The fraction of sp³-hybridized carbons (Fsp3) is 0.500. The monoisotopic (exact) mass is 433 g/mol. The minimum Gasteiger partial charge on any atom is -0.334 e. The maximum atomic E-state index is 13.3. The van der Waals surface area contributed by atoms with Crippen LogP contribution in [0.3, 0.4) is 0 Å². The van der Waals surface area contributed by atoms with Crippen LogP contribution in [0.15, 0.2) is 48.0 Å². The first-order valence-electron chi connectivity index (χ1n) is 11.6. The van der Waals surface area contributed by atoms with E-state index < -0.39 is 0 Å². The van der Waals surface area contributed by atoms with Crippen LogP contribution in [0.4, 0.5) is 11.6 Å². The van der Waals surface area contributed by atoms with Crippen molar-refractivity contribution in [2.45, 2.75) is 77.4 Å². The Morgan fingerprint density at radius 2 is 1.84 bits per heavy atom. The first-order valence-corrected chi connectivity index (χ1v) is 11.6. The maximum Gasteiger partial charge on any atom is 0.227 e. The molecule has 0 radical (unpaired) electrons. The molecule has 1 fully saturated rings. The minimum atomic E-state index is -0.104. The predicted molar refractivity (Wildman–Crippen MR) is 129 cm³/mol. The molecule has 1 saturated heterocycles. The number of hydrogen-bond donors (Lipinski definition) is 2. The molecule has 1 amide bonds. The summed E-state index contributed by atoms with van der Waals surface area (Å²) >= 11 is 0. The van der Waals surface area contributed by atoms with E-state index in [9.17, 15) is 4.79 Å². The number of aryl methyl sites for hydroxylation is 1. The van der Waals surface area contributed by atoms with Gasteiger partial charge >= 0.3 is 0 Å². The van der Waals surface area contributed by atoms with Crippen LogP contribution < -0.4 is 10.6 Å². The van der Waals surface area contributed by atoms with Crippen molar-refractivity contribution < 1.29 is 4.79 Å². The summed E-state index contributed by atoms with van der Waals surface area (Å²) in [5, 5.41) is 6.94. The standard InChI is InChI=1S/C26H35N5O/c1-18-9-6-12-22(27-18)29-23-13-7-10-20(28-23)21-11-8-14-31(21)24(32)15-19-16-25(2,3)30-26(4,5)17-19/h6-7,9-10,12-13,16,21,30H,8,11,14-15,17H2,1-5H3,(H,27,28,29)/t21-/m0/s1. The first kappa shape index (κ1) is 22.5. The van der Waals surface area contributed by atoms with Gasteiger partial charge in [0.1, 0.15) is 11.6 Å². The van der Waals surface area contributed by atoms with Gasteiger partial charge in [0.2, 0.25) is 5.91 Å². The van der Waals surface area contributed by atoms with E-state index in [0.29, 0.717) is 6.42 Å². The van der Waals surface area contributed by atoms with Crippen LogP contribution in [0, 0.1) is 6.92 Å². The Balaban J connectivity index is 1.49. The zero-order valence-electron chi connectivity index (χ0n) is 19.9. The van der Waals surface area contributed by atoms with Crippen LogP contribution in [-0.4, -0.2) is 38.4 Å². The Morgan fingerprint density at radius 3 is 2.56 bits per heavy atom. The van der Waals surface area contributed by atoms with Crippen LogP contribution in [0.1, 0.15) is 70.8 Å². The predicted octanol–water partition coefficient (Wildman–Crippen LogP) is 5.06. The van der Waals surface area contributed by atoms with E-state index in [-0.39, 0.29) is 23.0 Å². The van der Waals surface area contributed by atoms with Crippen LogP contribution >= 0.6 is 0 Å². The summed E-state index contributed by atoms with van der Waals surface area (Å²) in [4.78, 5) is 24.7. The van der Waals surface area contributed by atoms with Gasteiger partial charge in [-0.1, -0.05) is 23.8 Å². The SMILES string of the molecule is Cc1cccc(Nc2cccc([C@@H]3CCCN3C(=O)CC3=CC(C)(C)NC(C)(C)C3)n2)n1. The van der Waals surface area contributed by atoms with E-state index in [1.165, 1.54) is 5.57 Å². The molecule has 0 aliphatic carbocycles. The van der Waals surface area contributed by atoms with E-state index in [1.54, 1.807) is 0 Å². The molecule has 2 aliphatic heterocycles. The van der Waals surface area contributed by atoms with Crippen molar-refractivity contribution in [3.05, 3.63) is 59.4 Å². The van der Waals surface area contributed by atoms with Crippen molar-refractivity contribution in [3.8, 4) is 0 Å². The molecular formula is C26H35N5O. The average Bonchev–Trinajstić information content (AvgIpc) is 3.16. The first-order chi connectivity index (χ1) is 15.1. The lowest BCUT2D eigenvalue weighted by Crippen LogP contribution is -2.54. The van der Waals surface area contributed by atoms with E-state index >= 15 is 0 Å². The lowest BCUT2D eigenvalue weighted by molar-refractivity contribution is -0.131. The van der Waals surface area contributed by atoms with Gasteiger partial charge in [-0.3, -0.25) is 4.79 Å². The number of nitrogens with one attached hydrogen (secondary N) is 2. The summed E-state index contributed by atoms with van der Waals surface area (Å²) in [6, 6.07) is 11.9. The number of carbonyl (C=O) groups excluding carboxylic acids is 1. The Kier molecular flexibility index (Phi) is 6.08. The van der Waals surface area contributed by atoms with Gasteiger partial charge in [-0.05, 0) is 78.1 Å². The third-order valence-corrected chi connectivity index (χ3v) is 6.10. The number of carbonyl (C=O) groups is 1. The van der Waals surface area contributed by atoms with Gasteiger partial charge in [0.05, 0.1) is 11.7 Å². The number of amides is 1. The molecule has 0 spiro atoms. The van der Waals surface area contributed by atoms with Gasteiger partial charge < -0.3 is 15.5 Å². The number of aromatic nitrogens is 2. The Morgan fingerprint density at radius 1 is 1.12 bits per heavy atom. The summed E-state index contributed by atoms with van der Waals surface area (Å²) < 4.78 is 0. The molecule has 0 unspecified atom stereocenters. The highest BCUT2D eigenvalue weighted by Gasteiger charge is 2.35. The average molecular weight is 434 g/mol. The molecule has 2 aromatic heterocycles. The Labute approximate surface area is 191 Å². The van der Waals surface area contributed by atoms with Crippen molar-refractivity contribution in [3.63, 3.8) is 0 Å². The second kappa shape index (κ2) is 8.66. The van der Waals surface area contributed by atoms with Crippen LogP contribution in [0.5, 0.6) is 0 Å². The zero-order valence-corrected chi connectivity index (χ0v) is 19.9. The lowest BCUT2D eigenvalue weighted by atomic mass is 9.82. The van der Waals surface area contributed by atoms with Gasteiger partial charge in [-0.15, -0.1) is 0 Å². The molecule has 170 valence electrons. The third kappa shape index (κ3) is 5.36. The second-order valence-electron chi connectivity index (χ2n) is 10.4. The second-order valence-corrected chi connectivity index (χ2v) is 10.4. The highest BCUT2D eigenvalue weighted by Crippen LogP contribution is 2.35. The zero-order chi connectivity index (χ0) is 22.9. The normalized spacial score (nSPS) is 21.8. The highest BCUT2D eigenvalue weighted by molar-refractivity contribution is 5.79. The molecule has 6 nitrogen and oxygen atoms in total. The summed E-state index contributed by atoms with van der Waals surface area (Å²) in [6.45, 7) is 11.5. The highest BCUT2D eigenvalue weighted by atomic mass is 16.2. The molecule has 0 bridgehead atoms. The third-order valence-electron chi connectivity index (χ3n) is 6.10. The van der Waals surface area contributed by atoms with Crippen molar-refractivity contribution in [2.24, 2.45) is 0 Å². The fourth-order valence-corrected chi connectivity index (χ4v) is 5.31. The topological polar surface area (TPSA) is 70.2 Å². The number of nitrogens with zero attached hydrogens (tertiary/aromatic N) is 3. The number of pyridine rings is 2. The van der Waals surface area contributed by atoms with E-state index in [2.05, 4.69) is 49.4 Å². The van der Waals surface area contributed by atoms with Crippen molar-refractivity contribution >= 4 is 17.5 Å². The lowest BCUT2D eigenvalue weighted by Gasteiger charge is -2.41. The van der Waals surface area contributed by atoms with Crippen molar-refractivity contribution in [1.82, 2.24) is 20.2 Å². The largest absolute Gasteiger partial charge is 0.334 e. The smallest absolute Gasteiger partial charge is 0.227 e. The van der Waals surface area contributed by atoms with Gasteiger partial charge in [0.25, 0.3) is 0 Å². The number of likely N-dealkylation sites (tertiary alicyclic amines) is 1. The minimum absolute atomic E-state index is 0.0103. The summed E-state index contributed by atoms with van der Waals surface area (Å²) in [7, 11) is 0. The van der Waals surface area contributed by atoms with Gasteiger partial charge in [-0.2, -0.15) is 0 Å². The Hall–Kier alpha value is -2.73. The van der Waals surface area contributed by atoms with Gasteiger partial charge in [-0.25, -0.2) is 9.97 Å². The van der Waals surface area contributed by atoms with Gasteiger partial charge in [0, 0.05) is 29.7 Å². The molecular weight excluding hydrogens is 398 g/mol. The molecule has 6 heteroatoms. The van der Waals surface area contributed by atoms with Crippen LogP contribution in [0.25, 0.3) is 0 Å². The van der Waals surface area contributed by atoms with Crippen molar-refractivity contribution in [1.29, 1.82) is 0 Å². The van der Waals surface area contributed by atoms with E-state index in [0.717, 1.165) is 48.8 Å². The summed E-state index contributed by atoms with van der Waals surface area (Å²) in [5.41, 5.74) is 3.01.